The van der Waals surface area contributed by atoms with Crippen LogP contribution in [0.25, 0.3) is 0 Å². The van der Waals surface area contributed by atoms with Gasteiger partial charge in [0.15, 0.2) is 0 Å². The first-order valence-corrected chi connectivity index (χ1v) is 8.54. The van der Waals surface area contributed by atoms with Gasteiger partial charge >= 0.3 is 0 Å². The second-order valence-electron chi connectivity index (χ2n) is 4.88. The van der Waals surface area contributed by atoms with Gasteiger partial charge in [0.25, 0.3) is 0 Å². The molecule has 0 saturated carbocycles. The normalized spacial score (nSPS) is 12.5. The molecule has 2 nitrogen and oxygen atoms in total. The largest absolute Gasteiger partial charge is 0.383 e. The van der Waals surface area contributed by atoms with Gasteiger partial charge in [0.1, 0.15) is 5.82 Å². The molecule has 0 amide bonds. The lowest BCUT2D eigenvalue weighted by molar-refractivity contribution is 0.199. The Morgan fingerprint density at radius 3 is 2.90 bits per heavy atom. The number of hydrogen-bond donors (Lipinski definition) is 1. The highest BCUT2D eigenvalue weighted by Gasteiger charge is 2.14. The van der Waals surface area contributed by atoms with Crippen LogP contribution in [0.2, 0.25) is 0 Å². The van der Waals surface area contributed by atoms with Crippen molar-refractivity contribution < 1.29 is 9.13 Å². The zero-order valence-electron chi connectivity index (χ0n) is 11.9. The van der Waals surface area contributed by atoms with E-state index in [4.69, 9.17) is 4.74 Å². The third kappa shape index (κ3) is 5.51. The second kappa shape index (κ2) is 8.63. The van der Waals surface area contributed by atoms with Gasteiger partial charge in [-0.1, -0.05) is 12.1 Å². The van der Waals surface area contributed by atoms with Crippen LogP contribution in [0.5, 0.6) is 0 Å². The van der Waals surface area contributed by atoms with Gasteiger partial charge in [-0.2, -0.15) is 0 Å². The Bertz CT molecular complexity index is 561. The average molecular weight is 372 g/mol. The number of ether oxygens (including phenoxy) is 1. The molecule has 0 aliphatic heterocycles. The van der Waals surface area contributed by atoms with E-state index in [1.165, 1.54) is 10.9 Å². The molecule has 1 aromatic heterocycles. The Labute approximate surface area is 137 Å². The number of nitrogens with one attached hydrogen (secondary N) is 1. The van der Waals surface area contributed by atoms with Crippen molar-refractivity contribution in [3.63, 3.8) is 0 Å². The summed E-state index contributed by atoms with van der Waals surface area (Å²) in [6.07, 6.45) is 0.902. The minimum absolute atomic E-state index is 0.179. The number of halogens is 2. The van der Waals surface area contributed by atoms with E-state index in [9.17, 15) is 4.39 Å². The molecule has 0 fully saturated rings. The van der Waals surface area contributed by atoms with E-state index in [0.717, 1.165) is 29.5 Å². The summed E-state index contributed by atoms with van der Waals surface area (Å²) in [7, 11) is 1.69. The molecule has 1 N–H and O–H groups in total. The van der Waals surface area contributed by atoms with Crippen LogP contribution in [0.4, 0.5) is 4.39 Å². The SMILES string of the molecule is COCCNCC(Cc1cc(Br)cs1)c1cccc(F)c1. The zero-order chi connectivity index (χ0) is 15.1. The highest BCUT2D eigenvalue weighted by atomic mass is 79.9. The fourth-order valence-corrected chi connectivity index (χ4v) is 3.76. The van der Waals surface area contributed by atoms with Crippen molar-refractivity contribution in [2.24, 2.45) is 0 Å². The number of methoxy groups -OCH3 is 1. The van der Waals surface area contributed by atoms with Crippen molar-refractivity contribution >= 4 is 27.3 Å². The molecule has 0 bridgehead atoms. The lowest BCUT2D eigenvalue weighted by atomic mass is 9.95. The van der Waals surface area contributed by atoms with Crippen molar-refractivity contribution in [1.29, 1.82) is 0 Å². The molecule has 0 saturated heterocycles. The predicted molar refractivity (Wildman–Crippen MR) is 89.6 cm³/mol. The van der Waals surface area contributed by atoms with Gasteiger partial charge in [0, 0.05) is 40.8 Å². The molecule has 0 spiro atoms. The summed E-state index contributed by atoms with van der Waals surface area (Å²) >= 11 is 5.21. The summed E-state index contributed by atoms with van der Waals surface area (Å²) in [5.41, 5.74) is 1.03. The maximum absolute atomic E-state index is 13.5. The van der Waals surface area contributed by atoms with Crippen LogP contribution in [0.1, 0.15) is 16.4 Å². The third-order valence-corrected chi connectivity index (χ3v) is 4.98. The minimum Gasteiger partial charge on any atom is -0.383 e. The van der Waals surface area contributed by atoms with Crippen LogP contribution >= 0.6 is 27.3 Å². The Balaban J connectivity index is 2.06. The number of rotatable bonds is 8. The molecular weight excluding hydrogens is 353 g/mol. The lowest BCUT2D eigenvalue weighted by Crippen LogP contribution is -2.26. The summed E-state index contributed by atoms with van der Waals surface area (Å²) in [5.74, 6) is 0.0739. The molecule has 0 aliphatic carbocycles. The molecule has 1 heterocycles. The van der Waals surface area contributed by atoms with E-state index >= 15 is 0 Å². The van der Waals surface area contributed by atoms with Gasteiger partial charge < -0.3 is 10.1 Å². The molecule has 2 aromatic rings. The first kappa shape index (κ1) is 16.6. The molecule has 5 heteroatoms. The molecule has 21 heavy (non-hydrogen) atoms. The fourth-order valence-electron chi connectivity index (χ4n) is 2.22. The Kier molecular flexibility index (Phi) is 6.83. The zero-order valence-corrected chi connectivity index (χ0v) is 14.3. The molecular formula is C16H19BrFNOS. The quantitative estimate of drug-likeness (QED) is 0.701. The molecule has 1 atom stereocenters. The minimum atomic E-state index is -0.179. The van der Waals surface area contributed by atoms with E-state index in [2.05, 4.69) is 32.7 Å². The monoisotopic (exact) mass is 371 g/mol. The number of hydrogen-bond acceptors (Lipinski definition) is 3. The Morgan fingerprint density at radius 2 is 2.24 bits per heavy atom. The molecule has 114 valence electrons. The summed E-state index contributed by atoms with van der Waals surface area (Å²) in [5, 5.41) is 5.46. The van der Waals surface area contributed by atoms with E-state index < -0.39 is 0 Å². The second-order valence-corrected chi connectivity index (χ2v) is 6.80. The highest BCUT2D eigenvalue weighted by molar-refractivity contribution is 9.10. The fraction of sp³-hybridized carbons (Fsp3) is 0.375. The van der Waals surface area contributed by atoms with Gasteiger partial charge in [-0.25, -0.2) is 4.39 Å². The topological polar surface area (TPSA) is 21.3 Å². The average Bonchev–Trinajstić information content (AvgIpc) is 2.87. The highest BCUT2D eigenvalue weighted by Crippen LogP contribution is 2.27. The van der Waals surface area contributed by atoms with Gasteiger partial charge in [-0.3, -0.25) is 0 Å². The van der Waals surface area contributed by atoms with E-state index in [-0.39, 0.29) is 11.7 Å². The molecule has 0 aliphatic rings. The number of thiophene rings is 1. The molecule has 1 unspecified atom stereocenters. The summed E-state index contributed by atoms with van der Waals surface area (Å²) in [6.45, 7) is 2.29. The third-order valence-electron chi connectivity index (χ3n) is 3.26. The van der Waals surface area contributed by atoms with Gasteiger partial charge in [-0.15, -0.1) is 11.3 Å². The van der Waals surface area contributed by atoms with Crippen molar-refractivity contribution in [2.75, 3.05) is 26.8 Å². The van der Waals surface area contributed by atoms with Crippen molar-refractivity contribution in [3.05, 3.63) is 56.4 Å². The maximum Gasteiger partial charge on any atom is 0.123 e. The Hall–Kier alpha value is -0.750. The van der Waals surface area contributed by atoms with Crippen molar-refractivity contribution in [1.82, 2.24) is 5.32 Å². The smallest absolute Gasteiger partial charge is 0.123 e. The van der Waals surface area contributed by atoms with E-state index in [0.29, 0.717) is 6.61 Å². The van der Waals surface area contributed by atoms with Crippen LogP contribution in [0.3, 0.4) is 0 Å². The summed E-state index contributed by atoms with van der Waals surface area (Å²) in [6, 6.07) is 9.02. The lowest BCUT2D eigenvalue weighted by Gasteiger charge is -2.17. The maximum atomic E-state index is 13.5. The van der Waals surface area contributed by atoms with Crippen molar-refractivity contribution in [2.45, 2.75) is 12.3 Å². The Morgan fingerprint density at radius 1 is 1.38 bits per heavy atom. The predicted octanol–water partition coefficient (Wildman–Crippen LogP) is 4.21. The van der Waals surface area contributed by atoms with Crippen LogP contribution in [0, 0.1) is 5.82 Å². The van der Waals surface area contributed by atoms with Crippen LogP contribution in [0.15, 0.2) is 40.2 Å². The van der Waals surface area contributed by atoms with E-state index in [1.54, 1.807) is 30.6 Å². The number of benzene rings is 1. The van der Waals surface area contributed by atoms with Gasteiger partial charge in [-0.05, 0) is 46.1 Å². The standard InChI is InChI=1S/C16H19BrFNOS/c1-20-6-5-19-10-13(8-16-9-14(17)11-21-16)12-3-2-4-15(18)7-12/h2-4,7,9,11,13,19H,5-6,8,10H2,1H3. The van der Waals surface area contributed by atoms with E-state index in [1.807, 2.05) is 6.07 Å². The first-order chi connectivity index (χ1) is 10.2. The van der Waals surface area contributed by atoms with Crippen LogP contribution in [-0.2, 0) is 11.2 Å². The first-order valence-electron chi connectivity index (χ1n) is 6.87. The van der Waals surface area contributed by atoms with Gasteiger partial charge in [0.2, 0.25) is 0 Å². The summed E-state index contributed by atoms with van der Waals surface area (Å²) < 4.78 is 19.6. The van der Waals surface area contributed by atoms with Crippen LogP contribution < -0.4 is 5.32 Å². The molecule has 2 rings (SSSR count). The molecule has 1 aromatic carbocycles. The van der Waals surface area contributed by atoms with Crippen LogP contribution in [-0.4, -0.2) is 26.8 Å². The van der Waals surface area contributed by atoms with Gasteiger partial charge in [0.05, 0.1) is 6.61 Å². The van der Waals surface area contributed by atoms with Crippen molar-refractivity contribution in [3.8, 4) is 0 Å². The summed E-state index contributed by atoms with van der Waals surface area (Å²) in [4.78, 5) is 1.30. The molecule has 0 radical (unpaired) electrons.